The Hall–Kier alpha value is -5.45. The molecular formula is C37H36N4O6. The molecule has 6 rings (SSSR count). The van der Waals surface area contributed by atoms with Gasteiger partial charge in [-0.2, -0.15) is 4.98 Å². The first-order chi connectivity index (χ1) is 22.9. The fourth-order valence-corrected chi connectivity index (χ4v) is 6.12. The number of H-pyrrole nitrogens is 1. The molecule has 0 spiro atoms. The van der Waals surface area contributed by atoms with E-state index >= 15 is 0 Å². The first-order valence-corrected chi connectivity index (χ1v) is 15.3. The van der Waals surface area contributed by atoms with E-state index in [9.17, 15) is 14.7 Å². The van der Waals surface area contributed by atoms with E-state index in [1.165, 1.54) is 0 Å². The standard InChI is InChI=1S/C37H36N4O6/c1-40-33-24-29(14-9-25(33)23-32-34(40)38-36(44)39-35(32)43)41(19-21-42)20-22-47-37(26-7-5-4-6-8-26,27-10-15-30(45-2)16-11-27)28-12-17-31(46-3)18-13-28/h4-18,23-24,42H,19-22H2,1-3H3,(H,39,43,44). The number of fused-ring (bicyclic) bond motifs is 2. The van der Waals surface area contributed by atoms with E-state index in [-0.39, 0.29) is 6.61 Å². The first-order valence-electron chi connectivity index (χ1n) is 15.3. The van der Waals surface area contributed by atoms with Gasteiger partial charge in [-0.15, -0.1) is 0 Å². The maximum atomic E-state index is 12.5. The highest BCUT2D eigenvalue weighted by Gasteiger charge is 2.38. The minimum atomic E-state index is -0.978. The Balaban J connectivity index is 1.39. The van der Waals surface area contributed by atoms with Gasteiger partial charge in [0.25, 0.3) is 5.56 Å². The molecule has 2 N–H and O–H groups in total. The molecule has 0 fully saturated rings. The largest absolute Gasteiger partial charge is 0.497 e. The van der Waals surface area contributed by atoms with Crippen LogP contribution in [0.5, 0.6) is 11.5 Å². The number of hydrogen-bond acceptors (Lipinski definition) is 8. The van der Waals surface area contributed by atoms with Crippen LogP contribution in [0.2, 0.25) is 0 Å². The fraction of sp³-hybridized carbons (Fsp3) is 0.216. The van der Waals surface area contributed by atoms with Crippen molar-refractivity contribution in [1.29, 1.82) is 0 Å². The third-order valence-corrected chi connectivity index (χ3v) is 8.49. The SMILES string of the molecule is COc1ccc(C(OCCN(CCO)c2ccc3cc4c(=O)[nH]c(=O)nc-4n(C)c3c2)(c2ccccc2)c2ccc(OC)cc2)cc1. The van der Waals surface area contributed by atoms with Crippen molar-refractivity contribution < 1.29 is 19.3 Å². The van der Waals surface area contributed by atoms with Gasteiger partial charge in [-0.3, -0.25) is 9.78 Å². The van der Waals surface area contributed by atoms with Gasteiger partial charge in [0.2, 0.25) is 0 Å². The molecule has 2 heterocycles. The Labute approximate surface area is 271 Å². The number of rotatable bonds is 12. The molecule has 4 aromatic carbocycles. The zero-order chi connectivity index (χ0) is 33.0. The monoisotopic (exact) mass is 632 g/mol. The quantitative estimate of drug-likeness (QED) is 0.149. The lowest BCUT2D eigenvalue weighted by atomic mass is 9.80. The highest BCUT2D eigenvalue weighted by Crippen LogP contribution is 2.41. The Morgan fingerprint density at radius 2 is 1.43 bits per heavy atom. The number of anilines is 1. The lowest BCUT2D eigenvalue weighted by Crippen LogP contribution is -2.37. The van der Waals surface area contributed by atoms with Gasteiger partial charge in [-0.25, -0.2) is 4.79 Å². The molecule has 2 aliphatic heterocycles. The number of aromatic amines is 1. The van der Waals surface area contributed by atoms with Crippen molar-refractivity contribution in [1.82, 2.24) is 14.5 Å². The maximum Gasteiger partial charge on any atom is 0.349 e. The number of nitrogens with one attached hydrogen (secondary N) is 1. The molecule has 0 bridgehead atoms. The molecule has 0 saturated heterocycles. The van der Waals surface area contributed by atoms with Gasteiger partial charge < -0.3 is 28.8 Å². The third-order valence-electron chi connectivity index (χ3n) is 8.49. The lowest BCUT2D eigenvalue weighted by Gasteiger charge is -2.37. The van der Waals surface area contributed by atoms with Gasteiger partial charge in [0.05, 0.1) is 38.5 Å². The molecule has 2 aliphatic rings. The van der Waals surface area contributed by atoms with E-state index in [4.69, 9.17) is 14.2 Å². The van der Waals surface area contributed by atoms with Gasteiger partial charge in [-0.05, 0) is 64.5 Å². The highest BCUT2D eigenvalue weighted by atomic mass is 16.5. The van der Waals surface area contributed by atoms with Crippen LogP contribution in [-0.2, 0) is 17.4 Å². The average Bonchev–Trinajstić information content (AvgIpc) is 3.11. The summed E-state index contributed by atoms with van der Waals surface area (Å²) in [5.74, 6) is 1.78. The number of aromatic nitrogens is 3. The summed E-state index contributed by atoms with van der Waals surface area (Å²) in [6.45, 7) is 1.04. The summed E-state index contributed by atoms with van der Waals surface area (Å²) in [7, 11) is 5.06. The van der Waals surface area contributed by atoms with Crippen LogP contribution in [0.1, 0.15) is 16.7 Å². The van der Waals surface area contributed by atoms with E-state index in [1.54, 1.807) is 31.9 Å². The van der Waals surface area contributed by atoms with Gasteiger partial charge in [-0.1, -0.05) is 60.7 Å². The predicted molar refractivity (Wildman–Crippen MR) is 182 cm³/mol. The van der Waals surface area contributed by atoms with E-state index in [1.807, 2.05) is 89.8 Å². The number of aryl methyl sites for hydroxylation is 1. The number of pyridine rings is 1. The fourth-order valence-electron chi connectivity index (χ4n) is 6.12. The van der Waals surface area contributed by atoms with E-state index in [2.05, 4.69) is 22.1 Å². The van der Waals surface area contributed by atoms with Crippen LogP contribution in [-0.4, -0.2) is 60.2 Å². The molecule has 0 aliphatic carbocycles. The molecular weight excluding hydrogens is 596 g/mol. The van der Waals surface area contributed by atoms with Crippen LogP contribution in [0, 0.1) is 0 Å². The van der Waals surface area contributed by atoms with Crippen molar-refractivity contribution in [2.24, 2.45) is 7.05 Å². The summed E-state index contributed by atoms with van der Waals surface area (Å²) in [4.78, 5) is 32.8. The zero-order valence-electron chi connectivity index (χ0n) is 26.5. The summed E-state index contributed by atoms with van der Waals surface area (Å²) in [6, 6.07) is 33.4. The van der Waals surface area contributed by atoms with Gasteiger partial charge in [0.1, 0.15) is 17.1 Å². The van der Waals surface area contributed by atoms with Crippen molar-refractivity contribution >= 4 is 16.6 Å². The van der Waals surface area contributed by atoms with Crippen LogP contribution in [0.4, 0.5) is 5.69 Å². The molecule has 0 saturated carbocycles. The molecule has 4 aromatic rings. The molecule has 10 nitrogen and oxygen atoms in total. The van der Waals surface area contributed by atoms with Crippen LogP contribution >= 0.6 is 0 Å². The average molecular weight is 633 g/mol. The minimum absolute atomic E-state index is 0.0703. The minimum Gasteiger partial charge on any atom is -0.497 e. The molecule has 240 valence electrons. The Morgan fingerprint density at radius 3 is 2.02 bits per heavy atom. The summed E-state index contributed by atoms with van der Waals surface area (Å²) in [5, 5.41) is 10.9. The number of aliphatic hydroxyl groups is 1. The van der Waals surface area contributed by atoms with Crippen molar-refractivity contribution in [3.8, 4) is 22.9 Å². The molecule has 0 radical (unpaired) electrons. The van der Waals surface area contributed by atoms with Crippen LogP contribution in [0.25, 0.3) is 22.3 Å². The Kier molecular flexibility index (Phi) is 9.05. The molecule has 0 amide bonds. The lowest BCUT2D eigenvalue weighted by molar-refractivity contribution is 0.0170. The van der Waals surface area contributed by atoms with Gasteiger partial charge in [0.15, 0.2) is 5.82 Å². The van der Waals surface area contributed by atoms with Gasteiger partial charge in [0, 0.05) is 25.8 Å². The third kappa shape index (κ3) is 6.08. The van der Waals surface area contributed by atoms with Crippen molar-refractivity contribution in [3.63, 3.8) is 0 Å². The number of hydrogen-bond donors (Lipinski definition) is 2. The number of methoxy groups -OCH3 is 2. The van der Waals surface area contributed by atoms with Crippen molar-refractivity contribution in [3.05, 3.63) is 141 Å². The smallest absolute Gasteiger partial charge is 0.349 e. The summed E-state index contributed by atoms with van der Waals surface area (Å²) in [6.07, 6.45) is 0. The zero-order valence-corrected chi connectivity index (χ0v) is 26.5. The predicted octanol–water partition coefficient (Wildman–Crippen LogP) is 4.55. The van der Waals surface area contributed by atoms with Crippen molar-refractivity contribution in [2.45, 2.75) is 5.60 Å². The summed E-state index contributed by atoms with van der Waals surface area (Å²) in [5.41, 5.74) is 2.62. The topological polar surface area (TPSA) is 119 Å². The number of nitrogens with zero attached hydrogens (tertiary/aromatic N) is 3. The summed E-state index contributed by atoms with van der Waals surface area (Å²) < 4.78 is 19.7. The van der Waals surface area contributed by atoms with Crippen LogP contribution < -0.4 is 25.6 Å². The Morgan fingerprint density at radius 1 is 0.809 bits per heavy atom. The summed E-state index contributed by atoms with van der Waals surface area (Å²) >= 11 is 0. The maximum absolute atomic E-state index is 12.5. The molecule has 10 heteroatoms. The number of ether oxygens (including phenoxy) is 3. The van der Waals surface area contributed by atoms with Gasteiger partial charge >= 0.3 is 5.69 Å². The van der Waals surface area contributed by atoms with Crippen LogP contribution in [0.3, 0.4) is 0 Å². The van der Waals surface area contributed by atoms with E-state index in [0.717, 1.165) is 44.8 Å². The number of benzene rings is 4. The second-order valence-corrected chi connectivity index (χ2v) is 11.1. The van der Waals surface area contributed by atoms with E-state index < -0.39 is 16.9 Å². The number of aliphatic hydroxyl groups excluding tert-OH is 1. The Bertz CT molecular complexity index is 2010. The molecule has 0 aromatic heterocycles. The molecule has 0 atom stereocenters. The first kappa shape index (κ1) is 31.5. The van der Waals surface area contributed by atoms with Crippen LogP contribution in [0.15, 0.2) is 113 Å². The van der Waals surface area contributed by atoms with Crippen molar-refractivity contribution in [2.75, 3.05) is 45.4 Å². The van der Waals surface area contributed by atoms with E-state index in [0.29, 0.717) is 31.1 Å². The second-order valence-electron chi connectivity index (χ2n) is 11.1. The molecule has 0 unspecified atom stereocenters. The molecule has 47 heavy (non-hydrogen) atoms. The normalized spacial score (nSPS) is 11.6. The second kappa shape index (κ2) is 13.5. The highest BCUT2D eigenvalue weighted by molar-refractivity contribution is 5.88.